The second-order valence-corrected chi connectivity index (χ2v) is 4.38. The number of carbonyl (C=O) groups is 1. The average Bonchev–Trinajstić information content (AvgIpc) is 2.83. The lowest BCUT2D eigenvalue weighted by Crippen LogP contribution is -2.32. The minimum Gasteiger partial charge on any atom is -0.460 e. The van der Waals surface area contributed by atoms with Crippen molar-refractivity contribution in [1.82, 2.24) is 5.32 Å². The molecule has 2 N–H and O–H groups in total. The van der Waals surface area contributed by atoms with E-state index in [1.54, 1.807) is 12.1 Å². The molecule has 0 aromatic heterocycles. The molecule has 7 heteroatoms. The standard InChI is InChI=1S/C12H14N2O5/c15-10-5-11(13-6-10)12(16)19-7-8-1-3-9(4-2-8)14(17)18/h1-4,10-11,13,15H,5-7H2/t10-,11?/m1/s1. The Morgan fingerprint density at radius 3 is 2.68 bits per heavy atom. The third kappa shape index (κ3) is 3.49. The molecule has 2 atom stereocenters. The lowest BCUT2D eigenvalue weighted by molar-refractivity contribution is -0.384. The molecule has 0 spiro atoms. The Morgan fingerprint density at radius 1 is 1.47 bits per heavy atom. The Kier molecular flexibility index (Phi) is 4.08. The van der Waals surface area contributed by atoms with Gasteiger partial charge in [-0.15, -0.1) is 0 Å². The number of hydrogen-bond acceptors (Lipinski definition) is 6. The monoisotopic (exact) mass is 266 g/mol. The maximum absolute atomic E-state index is 11.6. The molecule has 1 aliphatic heterocycles. The van der Waals surface area contributed by atoms with Crippen LogP contribution in [0.15, 0.2) is 24.3 Å². The predicted octanol–water partition coefficient (Wildman–Crippen LogP) is 0.361. The van der Waals surface area contributed by atoms with Gasteiger partial charge in [-0.1, -0.05) is 0 Å². The van der Waals surface area contributed by atoms with Crippen molar-refractivity contribution < 1.29 is 19.6 Å². The number of nitrogens with one attached hydrogen (secondary N) is 1. The number of non-ortho nitro benzene ring substituents is 1. The number of aliphatic hydroxyl groups is 1. The van der Waals surface area contributed by atoms with Crippen molar-refractivity contribution in [2.75, 3.05) is 6.54 Å². The van der Waals surface area contributed by atoms with Crippen LogP contribution in [0.4, 0.5) is 5.69 Å². The summed E-state index contributed by atoms with van der Waals surface area (Å²) in [7, 11) is 0. The Hall–Kier alpha value is -1.99. The first-order valence-corrected chi connectivity index (χ1v) is 5.87. The van der Waals surface area contributed by atoms with Crippen LogP contribution in [0.1, 0.15) is 12.0 Å². The van der Waals surface area contributed by atoms with Crippen LogP contribution in [-0.2, 0) is 16.1 Å². The van der Waals surface area contributed by atoms with E-state index in [0.29, 0.717) is 18.5 Å². The number of rotatable bonds is 4. The number of β-amino-alcohol motifs (C(OH)–C–C–N with tert-alkyl or cyclic N) is 1. The number of hydrogen-bond donors (Lipinski definition) is 2. The molecule has 102 valence electrons. The van der Waals surface area contributed by atoms with E-state index in [-0.39, 0.29) is 12.3 Å². The maximum Gasteiger partial charge on any atom is 0.323 e. The number of nitro benzene ring substituents is 1. The fourth-order valence-corrected chi connectivity index (χ4v) is 1.87. The van der Waals surface area contributed by atoms with Crippen molar-refractivity contribution in [3.63, 3.8) is 0 Å². The number of nitro groups is 1. The quantitative estimate of drug-likeness (QED) is 0.463. The lowest BCUT2D eigenvalue weighted by Gasteiger charge is -2.10. The van der Waals surface area contributed by atoms with Crippen LogP contribution >= 0.6 is 0 Å². The van der Waals surface area contributed by atoms with E-state index in [0.717, 1.165) is 0 Å². The molecule has 0 amide bonds. The molecule has 0 aliphatic carbocycles. The van der Waals surface area contributed by atoms with E-state index >= 15 is 0 Å². The highest BCUT2D eigenvalue weighted by Gasteiger charge is 2.29. The van der Waals surface area contributed by atoms with Gasteiger partial charge in [0.25, 0.3) is 5.69 Å². The molecule has 1 aromatic carbocycles. The summed E-state index contributed by atoms with van der Waals surface area (Å²) < 4.78 is 5.08. The second kappa shape index (κ2) is 5.77. The van der Waals surface area contributed by atoms with Gasteiger partial charge < -0.3 is 15.2 Å². The van der Waals surface area contributed by atoms with Gasteiger partial charge in [0.05, 0.1) is 11.0 Å². The highest BCUT2D eigenvalue weighted by molar-refractivity contribution is 5.76. The summed E-state index contributed by atoms with van der Waals surface area (Å²) >= 11 is 0. The lowest BCUT2D eigenvalue weighted by atomic mass is 10.2. The van der Waals surface area contributed by atoms with E-state index in [9.17, 15) is 20.0 Å². The Balaban J connectivity index is 1.85. The minimum absolute atomic E-state index is 0.00402. The Labute approximate surface area is 109 Å². The third-order valence-corrected chi connectivity index (χ3v) is 2.92. The topological polar surface area (TPSA) is 102 Å². The molecule has 1 unspecified atom stereocenters. The van der Waals surface area contributed by atoms with E-state index in [2.05, 4.69) is 5.32 Å². The van der Waals surface area contributed by atoms with Crippen LogP contribution in [0.2, 0.25) is 0 Å². The zero-order chi connectivity index (χ0) is 13.8. The van der Waals surface area contributed by atoms with Crippen LogP contribution in [0.25, 0.3) is 0 Å². The van der Waals surface area contributed by atoms with E-state index in [1.165, 1.54) is 12.1 Å². The van der Waals surface area contributed by atoms with Gasteiger partial charge >= 0.3 is 5.97 Å². The van der Waals surface area contributed by atoms with Gasteiger partial charge in [-0.2, -0.15) is 0 Å². The molecule has 0 saturated carbocycles. The van der Waals surface area contributed by atoms with Crippen molar-refractivity contribution in [1.29, 1.82) is 0 Å². The molecule has 0 radical (unpaired) electrons. The fourth-order valence-electron chi connectivity index (χ4n) is 1.87. The van der Waals surface area contributed by atoms with E-state index in [4.69, 9.17) is 4.74 Å². The number of aliphatic hydroxyl groups excluding tert-OH is 1. The van der Waals surface area contributed by atoms with Crippen molar-refractivity contribution in [3.8, 4) is 0 Å². The summed E-state index contributed by atoms with van der Waals surface area (Å²) in [6, 6.07) is 5.33. The van der Waals surface area contributed by atoms with E-state index < -0.39 is 23.0 Å². The van der Waals surface area contributed by atoms with Crippen molar-refractivity contribution in [2.45, 2.75) is 25.2 Å². The summed E-state index contributed by atoms with van der Waals surface area (Å²) in [4.78, 5) is 21.6. The second-order valence-electron chi connectivity index (χ2n) is 4.38. The molecule has 2 rings (SSSR count). The average molecular weight is 266 g/mol. The predicted molar refractivity (Wildman–Crippen MR) is 65.3 cm³/mol. The van der Waals surface area contributed by atoms with Crippen molar-refractivity contribution in [3.05, 3.63) is 39.9 Å². The first-order chi connectivity index (χ1) is 9.06. The number of benzene rings is 1. The Bertz CT molecular complexity index is 474. The van der Waals surface area contributed by atoms with Gasteiger partial charge in [-0.25, -0.2) is 0 Å². The molecular formula is C12H14N2O5. The number of carbonyl (C=O) groups excluding carboxylic acids is 1. The Morgan fingerprint density at radius 2 is 2.16 bits per heavy atom. The van der Waals surface area contributed by atoms with Crippen molar-refractivity contribution in [2.24, 2.45) is 0 Å². The van der Waals surface area contributed by atoms with Gasteiger partial charge in [0, 0.05) is 25.1 Å². The first kappa shape index (κ1) is 13.4. The minimum atomic E-state index is -0.517. The van der Waals surface area contributed by atoms with Gasteiger partial charge in [0.15, 0.2) is 0 Å². The van der Waals surface area contributed by atoms with Gasteiger partial charge in [-0.3, -0.25) is 14.9 Å². The van der Waals surface area contributed by atoms with E-state index in [1.807, 2.05) is 0 Å². The molecular weight excluding hydrogens is 252 g/mol. The number of ether oxygens (including phenoxy) is 1. The molecule has 19 heavy (non-hydrogen) atoms. The summed E-state index contributed by atoms with van der Waals surface area (Å²) in [5.41, 5.74) is 0.674. The highest BCUT2D eigenvalue weighted by atomic mass is 16.6. The first-order valence-electron chi connectivity index (χ1n) is 5.87. The van der Waals surface area contributed by atoms with Crippen LogP contribution in [0.5, 0.6) is 0 Å². The largest absolute Gasteiger partial charge is 0.460 e. The summed E-state index contributed by atoms with van der Waals surface area (Å²) in [6.07, 6.45) is -0.170. The molecule has 1 aliphatic rings. The zero-order valence-electron chi connectivity index (χ0n) is 10.1. The van der Waals surface area contributed by atoms with Crippen LogP contribution in [-0.4, -0.2) is 34.7 Å². The maximum atomic E-state index is 11.6. The van der Waals surface area contributed by atoms with Crippen LogP contribution < -0.4 is 5.32 Å². The molecule has 1 saturated heterocycles. The summed E-state index contributed by atoms with van der Waals surface area (Å²) in [6.45, 7) is 0.447. The van der Waals surface area contributed by atoms with Gasteiger partial charge in [0.2, 0.25) is 0 Å². The van der Waals surface area contributed by atoms with Crippen LogP contribution in [0.3, 0.4) is 0 Å². The van der Waals surface area contributed by atoms with Crippen LogP contribution in [0, 0.1) is 10.1 Å². The van der Waals surface area contributed by atoms with Gasteiger partial charge in [-0.05, 0) is 17.7 Å². The number of esters is 1. The molecule has 1 fully saturated rings. The zero-order valence-corrected chi connectivity index (χ0v) is 10.1. The van der Waals surface area contributed by atoms with Gasteiger partial charge in [0.1, 0.15) is 12.6 Å². The fraction of sp³-hybridized carbons (Fsp3) is 0.417. The molecule has 1 heterocycles. The summed E-state index contributed by atoms with van der Waals surface area (Å²) in [5, 5.41) is 22.6. The summed E-state index contributed by atoms with van der Waals surface area (Å²) in [5.74, 6) is -0.421. The normalized spacial score (nSPS) is 22.2. The molecule has 0 bridgehead atoms. The highest BCUT2D eigenvalue weighted by Crippen LogP contribution is 2.14. The number of nitrogens with zero attached hydrogens (tertiary/aromatic N) is 1. The smallest absolute Gasteiger partial charge is 0.323 e. The SMILES string of the molecule is O=C(OCc1ccc([N+](=O)[O-])cc1)C1C[C@@H](O)CN1. The third-order valence-electron chi connectivity index (χ3n) is 2.92. The molecule has 1 aromatic rings. The molecule has 7 nitrogen and oxygen atoms in total. The van der Waals surface area contributed by atoms with Crippen molar-refractivity contribution >= 4 is 11.7 Å².